The molecule has 1 aromatic carbocycles. The standard InChI is InChI=1S/C17H22N2OS/c1-4-18-16-8-7-14(10-12(16)2)17(20)19-13(3)11-15-6-5-9-21-15/h5-10,13,18H,4,11H2,1-3H3,(H,19,20). The van der Waals surface area contributed by atoms with Gasteiger partial charge in [0.15, 0.2) is 0 Å². The minimum absolute atomic E-state index is 0.00907. The zero-order valence-electron chi connectivity index (χ0n) is 12.8. The van der Waals surface area contributed by atoms with E-state index in [9.17, 15) is 4.79 Å². The van der Waals surface area contributed by atoms with E-state index >= 15 is 0 Å². The average molecular weight is 302 g/mol. The first-order valence-corrected chi connectivity index (χ1v) is 8.16. The summed E-state index contributed by atoms with van der Waals surface area (Å²) >= 11 is 1.72. The van der Waals surface area contributed by atoms with Crippen molar-refractivity contribution in [3.8, 4) is 0 Å². The lowest BCUT2D eigenvalue weighted by Gasteiger charge is -2.14. The first kappa shape index (κ1) is 15.6. The van der Waals surface area contributed by atoms with Gasteiger partial charge < -0.3 is 10.6 Å². The third kappa shape index (κ3) is 4.33. The Labute approximate surface area is 130 Å². The van der Waals surface area contributed by atoms with Crippen molar-refractivity contribution in [1.29, 1.82) is 0 Å². The number of carbonyl (C=O) groups excluding carboxylic acids is 1. The van der Waals surface area contributed by atoms with Crippen LogP contribution in [0.5, 0.6) is 0 Å². The van der Waals surface area contributed by atoms with Crippen LogP contribution in [0.25, 0.3) is 0 Å². The molecule has 4 heteroatoms. The van der Waals surface area contributed by atoms with Crippen LogP contribution in [-0.4, -0.2) is 18.5 Å². The van der Waals surface area contributed by atoms with Crippen LogP contribution in [-0.2, 0) is 6.42 Å². The lowest BCUT2D eigenvalue weighted by molar-refractivity contribution is 0.0940. The Morgan fingerprint density at radius 3 is 2.76 bits per heavy atom. The van der Waals surface area contributed by atoms with E-state index in [4.69, 9.17) is 0 Å². The fourth-order valence-electron chi connectivity index (χ4n) is 2.28. The molecule has 0 fully saturated rings. The molecule has 2 rings (SSSR count). The summed E-state index contributed by atoms with van der Waals surface area (Å²) < 4.78 is 0. The molecule has 2 N–H and O–H groups in total. The Morgan fingerprint density at radius 1 is 1.33 bits per heavy atom. The van der Waals surface area contributed by atoms with E-state index in [1.54, 1.807) is 11.3 Å². The Hall–Kier alpha value is -1.81. The van der Waals surface area contributed by atoms with Crippen LogP contribution in [0, 0.1) is 6.92 Å². The number of nitrogens with one attached hydrogen (secondary N) is 2. The van der Waals surface area contributed by atoms with E-state index in [-0.39, 0.29) is 11.9 Å². The third-order valence-corrected chi connectivity index (χ3v) is 4.22. The van der Waals surface area contributed by atoms with Crippen LogP contribution in [0.1, 0.15) is 34.6 Å². The van der Waals surface area contributed by atoms with Gasteiger partial charge in [0.05, 0.1) is 0 Å². The van der Waals surface area contributed by atoms with E-state index in [1.807, 2.05) is 38.1 Å². The van der Waals surface area contributed by atoms with Crippen LogP contribution in [0.2, 0.25) is 0 Å². The maximum absolute atomic E-state index is 12.3. The van der Waals surface area contributed by atoms with Crippen LogP contribution < -0.4 is 10.6 Å². The van der Waals surface area contributed by atoms with Crippen LogP contribution in [0.3, 0.4) is 0 Å². The Balaban J connectivity index is 1.98. The summed E-state index contributed by atoms with van der Waals surface area (Å²) in [5.41, 5.74) is 2.89. The van der Waals surface area contributed by atoms with Gasteiger partial charge in [-0.1, -0.05) is 6.07 Å². The van der Waals surface area contributed by atoms with Gasteiger partial charge in [0.25, 0.3) is 5.91 Å². The van der Waals surface area contributed by atoms with E-state index < -0.39 is 0 Å². The summed E-state index contributed by atoms with van der Waals surface area (Å²) in [7, 11) is 0. The molecule has 2 aromatic rings. The summed E-state index contributed by atoms with van der Waals surface area (Å²) in [4.78, 5) is 13.6. The number of aryl methyl sites for hydroxylation is 1. The molecule has 1 amide bonds. The quantitative estimate of drug-likeness (QED) is 0.851. The summed E-state index contributed by atoms with van der Waals surface area (Å²) in [6.07, 6.45) is 0.873. The van der Waals surface area contributed by atoms with Crippen LogP contribution >= 0.6 is 11.3 Å². The minimum atomic E-state index is -0.00907. The van der Waals surface area contributed by atoms with Crippen molar-refractivity contribution in [1.82, 2.24) is 5.32 Å². The van der Waals surface area contributed by atoms with Crippen molar-refractivity contribution in [3.05, 3.63) is 51.7 Å². The number of amides is 1. The summed E-state index contributed by atoms with van der Waals surface area (Å²) in [5.74, 6) is -0.00907. The van der Waals surface area contributed by atoms with Crippen LogP contribution in [0.15, 0.2) is 35.7 Å². The number of thiophene rings is 1. The van der Waals surface area contributed by atoms with E-state index in [0.717, 1.165) is 24.2 Å². The maximum atomic E-state index is 12.3. The number of rotatable bonds is 6. The lowest BCUT2D eigenvalue weighted by atomic mass is 10.1. The second kappa shape index (κ2) is 7.27. The van der Waals surface area contributed by atoms with Gasteiger partial charge in [0.1, 0.15) is 0 Å². The molecule has 1 aromatic heterocycles. The second-order valence-electron chi connectivity index (χ2n) is 5.22. The predicted molar refractivity (Wildman–Crippen MR) is 90.3 cm³/mol. The van der Waals surface area contributed by atoms with E-state index in [0.29, 0.717) is 5.56 Å². The second-order valence-corrected chi connectivity index (χ2v) is 6.25. The molecule has 0 saturated carbocycles. The SMILES string of the molecule is CCNc1ccc(C(=O)NC(C)Cc2cccs2)cc1C. The largest absolute Gasteiger partial charge is 0.385 e. The van der Waals surface area contributed by atoms with Gasteiger partial charge >= 0.3 is 0 Å². The molecule has 1 heterocycles. The average Bonchev–Trinajstić information content (AvgIpc) is 2.93. The van der Waals surface area contributed by atoms with Gasteiger partial charge in [-0.3, -0.25) is 4.79 Å². The molecular weight excluding hydrogens is 280 g/mol. The summed E-state index contributed by atoms with van der Waals surface area (Å²) in [6, 6.07) is 10.0. The molecule has 0 spiro atoms. The van der Waals surface area contributed by atoms with Crippen molar-refractivity contribution in [2.45, 2.75) is 33.2 Å². The highest BCUT2D eigenvalue weighted by atomic mass is 32.1. The number of anilines is 1. The highest BCUT2D eigenvalue weighted by molar-refractivity contribution is 7.09. The molecule has 1 atom stereocenters. The van der Waals surface area contributed by atoms with Crippen molar-refractivity contribution in [3.63, 3.8) is 0 Å². The number of hydrogen-bond donors (Lipinski definition) is 2. The molecule has 0 aliphatic carbocycles. The first-order chi connectivity index (χ1) is 10.1. The zero-order chi connectivity index (χ0) is 15.2. The molecule has 112 valence electrons. The molecule has 0 aliphatic rings. The molecular formula is C17H22N2OS. The fourth-order valence-corrected chi connectivity index (χ4v) is 3.12. The lowest BCUT2D eigenvalue weighted by Crippen LogP contribution is -2.33. The van der Waals surface area contributed by atoms with Crippen molar-refractivity contribution >= 4 is 22.9 Å². The van der Waals surface area contributed by atoms with Gasteiger partial charge in [-0.25, -0.2) is 0 Å². The highest BCUT2D eigenvalue weighted by Crippen LogP contribution is 2.17. The topological polar surface area (TPSA) is 41.1 Å². The van der Waals surface area contributed by atoms with Crippen molar-refractivity contribution in [2.24, 2.45) is 0 Å². The Kier molecular flexibility index (Phi) is 5.39. The molecule has 21 heavy (non-hydrogen) atoms. The van der Waals surface area contributed by atoms with Gasteiger partial charge in [0.2, 0.25) is 0 Å². The van der Waals surface area contributed by atoms with Gasteiger partial charge in [-0.2, -0.15) is 0 Å². The summed E-state index contributed by atoms with van der Waals surface area (Å²) in [6.45, 7) is 7.00. The first-order valence-electron chi connectivity index (χ1n) is 7.28. The predicted octanol–water partition coefficient (Wildman–Crippen LogP) is 3.85. The molecule has 1 unspecified atom stereocenters. The number of benzene rings is 1. The Morgan fingerprint density at radius 2 is 2.14 bits per heavy atom. The number of carbonyl (C=O) groups is 1. The molecule has 0 radical (unpaired) electrons. The molecule has 0 bridgehead atoms. The van der Waals surface area contributed by atoms with E-state index in [1.165, 1.54) is 4.88 Å². The fraction of sp³-hybridized carbons (Fsp3) is 0.353. The maximum Gasteiger partial charge on any atom is 0.251 e. The van der Waals surface area contributed by atoms with Crippen molar-refractivity contribution in [2.75, 3.05) is 11.9 Å². The normalized spacial score (nSPS) is 12.0. The van der Waals surface area contributed by atoms with Crippen molar-refractivity contribution < 1.29 is 4.79 Å². The smallest absolute Gasteiger partial charge is 0.251 e. The molecule has 3 nitrogen and oxygen atoms in total. The monoisotopic (exact) mass is 302 g/mol. The van der Waals surface area contributed by atoms with Gasteiger partial charge in [-0.15, -0.1) is 11.3 Å². The van der Waals surface area contributed by atoms with Gasteiger partial charge in [-0.05, 0) is 56.0 Å². The highest BCUT2D eigenvalue weighted by Gasteiger charge is 2.11. The number of hydrogen-bond acceptors (Lipinski definition) is 3. The van der Waals surface area contributed by atoms with E-state index in [2.05, 4.69) is 29.0 Å². The zero-order valence-corrected chi connectivity index (χ0v) is 13.6. The molecule has 0 aliphatic heterocycles. The summed E-state index contributed by atoms with van der Waals surface area (Å²) in [5, 5.41) is 8.40. The van der Waals surface area contributed by atoms with Crippen LogP contribution in [0.4, 0.5) is 5.69 Å². The molecule has 0 saturated heterocycles. The third-order valence-electron chi connectivity index (χ3n) is 3.32. The van der Waals surface area contributed by atoms with Gasteiger partial charge in [0, 0.05) is 35.1 Å². The minimum Gasteiger partial charge on any atom is -0.385 e. The Bertz CT molecular complexity index is 593.